The van der Waals surface area contributed by atoms with Crippen LogP contribution in [0.5, 0.6) is 0 Å². The predicted molar refractivity (Wildman–Crippen MR) is 84.7 cm³/mol. The number of benzene rings is 1. The van der Waals surface area contributed by atoms with Crippen molar-refractivity contribution in [3.63, 3.8) is 0 Å². The van der Waals surface area contributed by atoms with Gasteiger partial charge in [-0.05, 0) is 49.1 Å². The lowest BCUT2D eigenvalue weighted by molar-refractivity contribution is 0.348. The molecule has 2 aliphatic rings. The molecule has 2 aliphatic carbocycles. The zero-order valence-electron chi connectivity index (χ0n) is 12.7. The first kappa shape index (κ1) is 14.9. The van der Waals surface area contributed by atoms with Crippen molar-refractivity contribution in [2.24, 2.45) is 17.8 Å². The molecule has 0 aromatic heterocycles. The summed E-state index contributed by atoms with van der Waals surface area (Å²) in [6.45, 7) is 0.890. The monoisotopic (exact) mass is 308 g/mol. The minimum absolute atomic E-state index is 0.373. The van der Waals surface area contributed by atoms with Crippen LogP contribution >= 0.6 is 0 Å². The number of nitrogens with one attached hydrogen (secondary N) is 1. The van der Waals surface area contributed by atoms with Gasteiger partial charge >= 0.3 is 0 Å². The van der Waals surface area contributed by atoms with Gasteiger partial charge in [0.2, 0.25) is 10.0 Å². The van der Waals surface area contributed by atoms with E-state index in [4.69, 9.17) is 0 Å². The van der Waals surface area contributed by atoms with Crippen LogP contribution in [-0.4, -0.2) is 33.4 Å². The van der Waals surface area contributed by atoms with Crippen molar-refractivity contribution in [3.8, 4) is 0 Å². The van der Waals surface area contributed by atoms with Crippen molar-refractivity contribution in [2.75, 3.05) is 26.0 Å². The molecule has 116 valence electrons. The molecule has 2 saturated carbocycles. The highest BCUT2D eigenvalue weighted by Crippen LogP contribution is 2.48. The quantitative estimate of drug-likeness (QED) is 0.910. The normalized spacial score (nSPS) is 28.2. The molecule has 3 rings (SSSR count). The van der Waals surface area contributed by atoms with Gasteiger partial charge in [0.05, 0.1) is 5.69 Å². The molecule has 2 fully saturated rings. The van der Waals surface area contributed by atoms with Gasteiger partial charge in [0.1, 0.15) is 4.90 Å². The maximum absolute atomic E-state index is 12.4. The second-order valence-electron chi connectivity index (χ2n) is 6.60. The molecule has 3 unspecified atom stereocenters. The highest BCUT2D eigenvalue weighted by atomic mass is 32.2. The van der Waals surface area contributed by atoms with Gasteiger partial charge < -0.3 is 5.32 Å². The number of fused-ring (bicyclic) bond motifs is 2. The fourth-order valence-electron chi connectivity index (χ4n) is 3.90. The molecular weight excluding hydrogens is 284 g/mol. The zero-order chi connectivity index (χ0) is 15.0. The molecule has 3 atom stereocenters. The largest absolute Gasteiger partial charge is 0.384 e. The van der Waals surface area contributed by atoms with Crippen molar-refractivity contribution in [1.82, 2.24) is 4.31 Å². The third-order valence-corrected chi connectivity index (χ3v) is 6.96. The summed E-state index contributed by atoms with van der Waals surface area (Å²) >= 11 is 0. The molecule has 1 aromatic carbocycles. The number of para-hydroxylation sites is 1. The minimum Gasteiger partial charge on any atom is -0.384 e. The van der Waals surface area contributed by atoms with Crippen LogP contribution in [-0.2, 0) is 10.0 Å². The molecule has 0 spiro atoms. The smallest absolute Gasteiger partial charge is 0.244 e. The Morgan fingerprint density at radius 3 is 2.57 bits per heavy atom. The summed E-state index contributed by atoms with van der Waals surface area (Å²) in [5, 5.41) is 3.40. The van der Waals surface area contributed by atoms with Crippen molar-refractivity contribution < 1.29 is 8.42 Å². The van der Waals surface area contributed by atoms with E-state index in [1.807, 2.05) is 12.1 Å². The highest BCUT2D eigenvalue weighted by molar-refractivity contribution is 7.89. The Hall–Kier alpha value is -1.07. The highest BCUT2D eigenvalue weighted by Gasteiger charge is 2.39. The van der Waals surface area contributed by atoms with Gasteiger partial charge in [0, 0.05) is 20.6 Å². The van der Waals surface area contributed by atoms with Gasteiger partial charge in [0.15, 0.2) is 0 Å². The topological polar surface area (TPSA) is 49.4 Å². The molecule has 21 heavy (non-hydrogen) atoms. The van der Waals surface area contributed by atoms with Crippen LogP contribution in [0.25, 0.3) is 0 Å². The predicted octanol–water partition coefficient (Wildman–Crippen LogP) is 2.79. The van der Waals surface area contributed by atoms with E-state index in [-0.39, 0.29) is 0 Å². The van der Waals surface area contributed by atoms with E-state index in [0.717, 1.165) is 24.1 Å². The Labute approximate surface area is 127 Å². The Kier molecular flexibility index (Phi) is 3.97. The molecule has 2 bridgehead atoms. The molecule has 0 saturated heterocycles. The second-order valence-corrected chi connectivity index (χ2v) is 8.72. The molecule has 0 amide bonds. The summed E-state index contributed by atoms with van der Waals surface area (Å²) in [6, 6.07) is 7.21. The Bertz CT molecular complexity index is 612. The first-order valence-electron chi connectivity index (χ1n) is 7.74. The second kappa shape index (κ2) is 5.61. The average molecular weight is 308 g/mol. The van der Waals surface area contributed by atoms with Gasteiger partial charge in [-0.15, -0.1) is 0 Å². The maximum Gasteiger partial charge on any atom is 0.244 e. The Morgan fingerprint density at radius 1 is 1.19 bits per heavy atom. The number of hydrogen-bond acceptors (Lipinski definition) is 3. The summed E-state index contributed by atoms with van der Waals surface area (Å²) in [6.07, 6.45) is 5.44. The lowest BCUT2D eigenvalue weighted by Crippen LogP contribution is -2.25. The van der Waals surface area contributed by atoms with Gasteiger partial charge in [-0.1, -0.05) is 18.6 Å². The standard InChI is InChI=1S/C16H24N2O2S/c1-18(2)21(19,20)16-6-4-3-5-15(16)17-11-14-10-12-7-8-13(14)9-12/h3-6,12-14,17H,7-11H2,1-2H3. The zero-order valence-corrected chi connectivity index (χ0v) is 13.6. The molecule has 0 radical (unpaired) electrons. The SMILES string of the molecule is CN(C)S(=O)(=O)c1ccccc1NCC1CC2CCC1C2. The van der Waals surface area contributed by atoms with Crippen LogP contribution in [0.3, 0.4) is 0 Å². The molecule has 0 heterocycles. The lowest BCUT2D eigenvalue weighted by Gasteiger charge is -2.23. The van der Waals surface area contributed by atoms with E-state index in [1.54, 1.807) is 26.2 Å². The number of rotatable bonds is 5. The molecule has 5 heteroatoms. The van der Waals surface area contributed by atoms with Crippen molar-refractivity contribution in [2.45, 2.75) is 30.6 Å². The van der Waals surface area contributed by atoms with Crippen LogP contribution in [0.15, 0.2) is 29.2 Å². The van der Waals surface area contributed by atoms with Gasteiger partial charge in [-0.25, -0.2) is 12.7 Å². The van der Waals surface area contributed by atoms with E-state index in [9.17, 15) is 8.42 Å². The van der Waals surface area contributed by atoms with Crippen LogP contribution in [0.2, 0.25) is 0 Å². The molecule has 1 N–H and O–H groups in total. The molecule has 0 aliphatic heterocycles. The molecule has 1 aromatic rings. The van der Waals surface area contributed by atoms with E-state index in [2.05, 4.69) is 5.32 Å². The third kappa shape index (κ3) is 2.81. The maximum atomic E-state index is 12.4. The summed E-state index contributed by atoms with van der Waals surface area (Å²) in [5.41, 5.74) is 0.731. The van der Waals surface area contributed by atoms with Crippen LogP contribution in [0, 0.1) is 17.8 Å². The van der Waals surface area contributed by atoms with Gasteiger partial charge in [0.25, 0.3) is 0 Å². The van der Waals surface area contributed by atoms with Crippen molar-refractivity contribution >= 4 is 15.7 Å². The molecular formula is C16H24N2O2S. The van der Waals surface area contributed by atoms with E-state index in [1.165, 1.54) is 30.0 Å². The summed E-state index contributed by atoms with van der Waals surface area (Å²) in [5.74, 6) is 2.47. The van der Waals surface area contributed by atoms with Gasteiger partial charge in [-0.2, -0.15) is 0 Å². The van der Waals surface area contributed by atoms with E-state index < -0.39 is 10.0 Å². The Balaban J connectivity index is 1.74. The third-order valence-electron chi connectivity index (χ3n) is 5.08. The number of anilines is 1. The first-order valence-corrected chi connectivity index (χ1v) is 9.18. The van der Waals surface area contributed by atoms with E-state index in [0.29, 0.717) is 10.8 Å². The van der Waals surface area contributed by atoms with Crippen LogP contribution < -0.4 is 5.32 Å². The van der Waals surface area contributed by atoms with E-state index >= 15 is 0 Å². The minimum atomic E-state index is -3.39. The summed E-state index contributed by atoms with van der Waals surface area (Å²) in [4.78, 5) is 0.373. The fraction of sp³-hybridized carbons (Fsp3) is 0.625. The summed E-state index contributed by atoms with van der Waals surface area (Å²) < 4.78 is 26.0. The molecule has 4 nitrogen and oxygen atoms in total. The summed E-state index contributed by atoms with van der Waals surface area (Å²) in [7, 11) is -0.250. The number of nitrogens with zero attached hydrogens (tertiary/aromatic N) is 1. The number of sulfonamides is 1. The Morgan fingerprint density at radius 2 is 1.95 bits per heavy atom. The van der Waals surface area contributed by atoms with Crippen molar-refractivity contribution in [3.05, 3.63) is 24.3 Å². The van der Waals surface area contributed by atoms with Crippen LogP contribution in [0.4, 0.5) is 5.69 Å². The fourth-order valence-corrected chi connectivity index (χ4v) is 4.96. The first-order chi connectivity index (χ1) is 9.98. The van der Waals surface area contributed by atoms with Crippen molar-refractivity contribution in [1.29, 1.82) is 0 Å². The van der Waals surface area contributed by atoms with Gasteiger partial charge in [-0.3, -0.25) is 0 Å². The number of hydrogen-bond donors (Lipinski definition) is 1. The lowest BCUT2D eigenvalue weighted by atomic mass is 9.89. The van der Waals surface area contributed by atoms with Crippen LogP contribution in [0.1, 0.15) is 25.7 Å². The average Bonchev–Trinajstić information content (AvgIpc) is 3.07.